The van der Waals surface area contributed by atoms with Crippen molar-refractivity contribution in [2.75, 3.05) is 26.2 Å². The molecule has 13 nitrogen and oxygen atoms in total. The Morgan fingerprint density at radius 3 is 2.55 bits per heavy atom. The summed E-state index contributed by atoms with van der Waals surface area (Å²) >= 11 is 0.935. The van der Waals surface area contributed by atoms with Gasteiger partial charge in [-0.1, -0.05) is 12.1 Å². The number of carbonyl (C=O) groups is 4. The molecule has 5 heterocycles. The van der Waals surface area contributed by atoms with E-state index in [1.165, 1.54) is 28.9 Å². The van der Waals surface area contributed by atoms with Crippen LogP contribution >= 0.6 is 18.9 Å². The molecule has 2 aromatic heterocycles. The molecule has 0 spiro atoms. The molecule has 49 heavy (non-hydrogen) atoms. The molecule has 258 valence electrons. The third-order valence-electron chi connectivity index (χ3n) is 9.56. The zero-order chi connectivity index (χ0) is 35.2. The fraction of sp³-hybridized carbons (Fsp3) is 0.438. The summed E-state index contributed by atoms with van der Waals surface area (Å²) in [4.78, 5) is 85.2. The first-order chi connectivity index (χ1) is 23.2. The maximum Gasteiger partial charge on any atom is 0.399 e. The molecule has 0 unspecified atom stereocenters. The Morgan fingerprint density at radius 2 is 1.88 bits per heavy atom. The van der Waals surface area contributed by atoms with Gasteiger partial charge in [0.25, 0.3) is 5.91 Å². The highest BCUT2D eigenvalue weighted by Gasteiger charge is 2.51. The fourth-order valence-corrected chi connectivity index (χ4v) is 8.40. The van der Waals surface area contributed by atoms with Gasteiger partial charge in [0, 0.05) is 55.3 Å². The first-order valence-electron chi connectivity index (χ1n) is 15.6. The highest BCUT2D eigenvalue weighted by Crippen LogP contribution is 2.59. The molecule has 4 amide bonds. The van der Waals surface area contributed by atoms with Crippen LogP contribution in [0.1, 0.15) is 52.9 Å². The molecular formula is C32H33F2N6O7PS. The zero-order valence-electron chi connectivity index (χ0n) is 26.2. The fourth-order valence-electron chi connectivity index (χ4n) is 6.98. The maximum atomic E-state index is 14.4. The van der Waals surface area contributed by atoms with E-state index >= 15 is 0 Å². The van der Waals surface area contributed by atoms with E-state index in [0.717, 1.165) is 29.0 Å². The standard InChI is InChI=1S/C32H33F2N6O7PS/c1-18(41)38-11-9-22-6-7-26(31(44)39-15-23(24(16-39)35-2)19-4-3-10-36-14-19)40(22)30(43)25(17-38)37-29(42)28-13-20-12-21(5-8-27(20)49-28)32(33,34)48(45,46)47/h3-5,8,10,12-14,22-26H,6-7,9,11,15-17H2,1H3,(H,37,42)(H2,45,46,47)/t22-,23+,24-,25+,26+/m1/s1. The predicted octanol–water partition coefficient (Wildman–Crippen LogP) is 3.15. The summed E-state index contributed by atoms with van der Waals surface area (Å²) in [6, 6.07) is 5.07. The van der Waals surface area contributed by atoms with Gasteiger partial charge in [-0.3, -0.25) is 28.7 Å². The lowest BCUT2D eigenvalue weighted by atomic mass is 9.96. The minimum atomic E-state index is -5.81. The number of halogens is 2. The summed E-state index contributed by atoms with van der Waals surface area (Å²) in [5.41, 5.74) is -4.49. The lowest BCUT2D eigenvalue weighted by molar-refractivity contribution is -0.148. The van der Waals surface area contributed by atoms with Gasteiger partial charge < -0.3 is 34.6 Å². The van der Waals surface area contributed by atoms with Crippen LogP contribution in [-0.4, -0.2) is 103 Å². The summed E-state index contributed by atoms with van der Waals surface area (Å²) in [7, 11) is -5.81. The molecule has 0 radical (unpaired) electrons. The summed E-state index contributed by atoms with van der Waals surface area (Å²) < 4.78 is 40.5. The van der Waals surface area contributed by atoms with Crippen molar-refractivity contribution in [3.63, 3.8) is 0 Å². The van der Waals surface area contributed by atoms with Crippen LogP contribution in [0.3, 0.4) is 0 Å². The number of alkyl halides is 2. The number of likely N-dealkylation sites (tertiary alicyclic amines) is 1. The Bertz CT molecular complexity index is 1900. The van der Waals surface area contributed by atoms with E-state index in [2.05, 4.69) is 15.1 Å². The van der Waals surface area contributed by atoms with Crippen LogP contribution < -0.4 is 5.32 Å². The van der Waals surface area contributed by atoms with Crippen molar-refractivity contribution < 1.29 is 42.3 Å². The van der Waals surface area contributed by atoms with E-state index in [-0.39, 0.29) is 47.1 Å². The first-order valence-corrected chi connectivity index (χ1v) is 18.0. The topological polar surface area (TPSA) is 165 Å². The van der Waals surface area contributed by atoms with Crippen LogP contribution in [0.15, 0.2) is 48.8 Å². The third kappa shape index (κ3) is 6.55. The number of rotatable bonds is 6. The molecule has 3 saturated heterocycles. The smallest absolute Gasteiger partial charge is 0.340 e. The number of fused-ring (bicyclic) bond motifs is 2. The number of carbonyl (C=O) groups excluding carboxylic acids is 4. The van der Waals surface area contributed by atoms with Crippen LogP contribution in [0.2, 0.25) is 0 Å². The van der Waals surface area contributed by atoms with E-state index in [1.54, 1.807) is 23.4 Å². The van der Waals surface area contributed by atoms with Crippen LogP contribution in [0.5, 0.6) is 0 Å². The molecule has 5 atom stereocenters. The lowest BCUT2D eigenvalue weighted by Gasteiger charge is -2.39. The normalized spacial score (nSPS) is 24.7. The number of amides is 4. The van der Waals surface area contributed by atoms with E-state index in [1.807, 2.05) is 6.07 Å². The minimum absolute atomic E-state index is 0.0465. The second kappa shape index (κ2) is 13.2. The van der Waals surface area contributed by atoms with Crippen molar-refractivity contribution in [3.05, 3.63) is 76.2 Å². The average Bonchev–Trinajstić information content (AvgIpc) is 3.81. The van der Waals surface area contributed by atoms with Crippen LogP contribution in [0.4, 0.5) is 8.78 Å². The van der Waals surface area contributed by atoms with Crippen LogP contribution in [-0.2, 0) is 24.6 Å². The summed E-state index contributed by atoms with van der Waals surface area (Å²) in [6.07, 6.45) is 4.65. The second-order valence-electron chi connectivity index (χ2n) is 12.6. The van der Waals surface area contributed by atoms with Gasteiger partial charge >= 0.3 is 13.3 Å². The van der Waals surface area contributed by atoms with Gasteiger partial charge in [0.1, 0.15) is 12.1 Å². The van der Waals surface area contributed by atoms with Gasteiger partial charge in [0.2, 0.25) is 23.8 Å². The van der Waals surface area contributed by atoms with E-state index in [4.69, 9.17) is 16.4 Å². The van der Waals surface area contributed by atoms with Crippen molar-refractivity contribution in [3.8, 4) is 0 Å². The highest BCUT2D eigenvalue weighted by atomic mass is 32.1. The maximum absolute atomic E-state index is 14.4. The number of hydrogen-bond donors (Lipinski definition) is 3. The molecule has 3 aliphatic rings. The van der Waals surface area contributed by atoms with Gasteiger partial charge in [-0.15, -0.1) is 11.3 Å². The van der Waals surface area contributed by atoms with Gasteiger partial charge in [-0.25, -0.2) is 6.57 Å². The predicted molar refractivity (Wildman–Crippen MR) is 173 cm³/mol. The molecule has 3 N–H and O–H groups in total. The molecule has 3 fully saturated rings. The Kier molecular flexibility index (Phi) is 9.31. The third-order valence-corrected chi connectivity index (χ3v) is 11.7. The molecule has 0 aliphatic carbocycles. The molecule has 17 heteroatoms. The second-order valence-corrected chi connectivity index (χ2v) is 15.3. The number of nitrogens with one attached hydrogen (secondary N) is 1. The van der Waals surface area contributed by atoms with Crippen molar-refractivity contribution in [2.45, 2.75) is 61.9 Å². The van der Waals surface area contributed by atoms with Crippen LogP contribution in [0, 0.1) is 6.57 Å². The minimum Gasteiger partial charge on any atom is -0.340 e. The summed E-state index contributed by atoms with van der Waals surface area (Å²) in [5, 5.41) is 2.84. The Hall–Kier alpha value is -4.29. The van der Waals surface area contributed by atoms with Gasteiger partial charge in [-0.05, 0) is 54.5 Å². The molecule has 0 bridgehead atoms. The van der Waals surface area contributed by atoms with Gasteiger partial charge in [-0.2, -0.15) is 8.78 Å². The monoisotopic (exact) mass is 714 g/mol. The molecule has 1 aromatic carbocycles. The molecule has 3 aromatic rings. The molecule has 3 aliphatic heterocycles. The van der Waals surface area contributed by atoms with Crippen LogP contribution in [0.25, 0.3) is 14.9 Å². The van der Waals surface area contributed by atoms with Crippen molar-refractivity contribution in [2.24, 2.45) is 0 Å². The number of benzene rings is 1. The number of pyridine rings is 1. The van der Waals surface area contributed by atoms with Crippen molar-refractivity contribution in [1.29, 1.82) is 0 Å². The van der Waals surface area contributed by atoms with E-state index in [9.17, 15) is 32.5 Å². The number of aromatic nitrogens is 1. The quantitative estimate of drug-likeness (QED) is 0.259. The largest absolute Gasteiger partial charge is 0.399 e. The van der Waals surface area contributed by atoms with Crippen molar-refractivity contribution in [1.82, 2.24) is 25.0 Å². The highest BCUT2D eigenvalue weighted by molar-refractivity contribution is 7.52. The van der Waals surface area contributed by atoms with Crippen molar-refractivity contribution >= 4 is 52.6 Å². The SMILES string of the molecule is [C-]#[N+][C@@H]1CN(C(=O)[C@@H]2CC[C@@H]3CCN(C(C)=O)C[C@H](NC(=O)c4cc5cc(C(F)(F)P(=O)(O)O)ccc5s4)C(=O)N32)C[C@H]1c1cccnc1. The molecule has 6 rings (SSSR count). The number of nitrogens with zero attached hydrogens (tertiary/aromatic N) is 5. The Labute approximate surface area is 283 Å². The van der Waals surface area contributed by atoms with E-state index < -0.39 is 48.8 Å². The Balaban J connectivity index is 1.24. The number of hydrogen-bond acceptors (Lipinski definition) is 7. The molecule has 0 saturated carbocycles. The Morgan fingerprint density at radius 1 is 1.10 bits per heavy atom. The first kappa shape index (κ1) is 34.6. The van der Waals surface area contributed by atoms with Gasteiger partial charge in [0.15, 0.2) is 0 Å². The number of thiophene rings is 1. The average molecular weight is 715 g/mol. The molecular weight excluding hydrogens is 681 g/mol. The van der Waals surface area contributed by atoms with E-state index in [0.29, 0.717) is 37.1 Å². The lowest BCUT2D eigenvalue weighted by Crippen LogP contribution is -2.61. The summed E-state index contributed by atoms with van der Waals surface area (Å²) in [5.74, 6) is -2.06. The zero-order valence-corrected chi connectivity index (χ0v) is 27.9. The van der Waals surface area contributed by atoms with Gasteiger partial charge in [0.05, 0.1) is 17.3 Å². The summed E-state index contributed by atoms with van der Waals surface area (Å²) in [6.45, 7) is 9.74.